The van der Waals surface area contributed by atoms with Gasteiger partial charge in [0.15, 0.2) is 0 Å². The van der Waals surface area contributed by atoms with E-state index in [-0.39, 0.29) is 11.9 Å². The topological polar surface area (TPSA) is 35.6 Å². The number of aryl methyl sites for hydroxylation is 1. The lowest BCUT2D eigenvalue weighted by Gasteiger charge is -2.36. The molecule has 3 aromatic rings. The second kappa shape index (κ2) is 8.66. The van der Waals surface area contributed by atoms with E-state index < -0.39 is 0 Å². The van der Waals surface area contributed by atoms with E-state index in [1.165, 1.54) is 22.0 Å². The first-order chi connectivity index (χ1) is 14.1. The molecule has 1 heterocycles. The van der Waals surface area contributed by atoms with E-state index in [2.05, 4.69) is 83.6 Å². The highest BCUT2D eigenvalue weighted by atomic mass is 16.2. The summed E-state index contributed by atoms with van der Waals surface area (Å²) in [6, 6.07) is 23.2. The van der Waals surface area contributed by atoms with Crippen LogP contribution in [0, 0.1) is 6.92 Å². The second-order valence-corrected chi connectivity index (χ2v) is 7.95. The molecule has 1 aliphatic heterocycles. The Balaban J connectivity index is 1.30. The Kier molecular flexibility index (Phi) is 5.81. The zero-order valence-corrected chi connectivity index (χ0v) is 17.3. The minimum absolute atomic E-state index is 0.000337. The molecule has 1 amide bonds. The van der Waals surface area contributed by atoms with Crippen molar-refractivity contribution in [3.05, 3.63) is 77.9 Å². The summed E-state index contributed by atoms with van der Waals surface area (Å²) in [5.41, 5.74) is 3.76. The number of nitrogens with zero attached hydrogens (tertiary/aromatic N) is 2. The molecular formula is C25H29N3O. The highest BCUT2D eigenvalue weighted by Crippen LogP contribution is 2.22. The fourth-order valence-corrected chi connectivity index (χ4v) is 4.12. The molecule has 1 N–H and O–H groups in total. The maximum absolute atomic E-state index is 12.6. The first kappa shape index (κ1) is 19.5. The third kappa shape index (κ3) is 4.60. The molecule has 29 heavy (non-hydrogen) atoms. The van der Waals surface area contributed by atoms with Crippen molar-refractivity contribution in [1.29, 1.82) is 0 Å². The molecule has 1 aliphatic rings. The number of benzene rings is 3. The molecule has 0 unspecified atom stereocenters. The third-order valence-electron chi connectivity index (χ3n) is 5.85. The minimum atomic E-state index is 0.000337. The summed E-state index contributed by atoms with van der Waals surface area (Å²) < 4.78 is 0. The average Bonchev–Trinajstić information content (AvgIpc) is 2.74. The van der Waals surface area contributed by atoms with E-state index in [0.717, 1.165) is 31.7 Å². The standard InChI is InChI=1S/C25H29N3O/c1-19-7-3-6-10-24(19)28-15-13-27(14-16-28)18-25(29)26-20(2)22-12-11-21-8-4-5-9-23(21)17-22/h3-12,17,20H,13-16,18H2,1-2H3,(H,26,29)/t20-/m0/s1. The summed E-state index contributed by atoms with van der Waals surface area (Å²) >= 11 is 0. The number of fused-ring (bicyclic) bond motifs is 1. The van der Waals surface area contributed by atoms with Crippen molar-refractivity contribution in [2.45, 2.75) is 19.9 Å². The monoisotopic (exact) mass is 387 g/mol. The Hall–Kier alpha value is -2.85. The summed E-state index contributed by atoms with van der Waals surface area (Å²) in [7, 11) is 0. The number of rotatable bonds is 5. The highest BCUT2D eigenvalue weighted by molar-refractivity contribution is 5.83. The summed E-state index contributed by atoms with van der Waals surface area (Å²) in [5.74, 6) is 0.0926. The molecule has 3 aromatic carbocycles. The normalized spacial score (nSPS) is 16.0. The SMILES string of the molecule is Cc1ccccc1N1CCN(CC(=O)N[C@@H](C)c2ccc3ccccc3c2)CC1. The molecule has 4 heteroatoms. The van der Waals surface area contributed by atoms with Gasteiger partial charge in [-0.05, 0) is 47.9 Å². The van der Waals surface area contributed by atoms with Crippen molar-refractivity contribution in [2.24, 2.45) is 0 Å². The molecule has 0 aliphatic carbocycles. The van der Waals surface area contributed by atoms with Gasteiger partial charge in [-0.2, -0.15) is 0 Å². The molecule has 1 fully saturated rings. The fraction of sp³-hybridized carbons (Fsp3) is 0.320. The van der Waals surface area contributed by atoms with Gasteiger partial charge < -0.3 is 10.2 Å². The largest absolute Gasteiger partial charge is 0.369 e. The van der Waals surface area contributed by atoms with Crippen LogP contribution in [-0.2, 0) is 4.79 Å². The molecular weight excluding hydrogens is 358 g/mol. The number of amides is 1. The predicted molar refractivity (Wildman–Crippen MR) is 120 cm³/mol. The van der Waals surface area contributed by atoms with Crippen LogP contribution < -0.4 is 10.2 Å². The smallest absolute Gasteiger partial charge is 0.234 e. The van der Waals surface area contributed by atoms with Gasteiger partial charge in [-0.1, -0.05) is 54.6 Å². The first-order valence-corrected chi connectivity index (χ1v) is 10.4. The molecule has 0 radical (unpaired) electrons. The number of hydrogen-bond acceptors (Lipinski definition) is 3. The zero-order chi connectivity index (χ0) is 20.2. The van der Waals surface area contributed by atoms with E-state index in [4.69, 9.17) is 0 Å². The van der Waals surface area contributed by atoms with Crippen LogP contribution >= 0.6 is 0 Å². The summed E-state index contributed by atoms with van der Waals surface area (Å²) in [6.07, 6.45) is 0. The number of carbonyl (C=O) groups excluding carboxylic acids is 1. The molecule has 0 spiro atoms. The van der Waals surface area contributed by atoms with Gasteiger partial charge in [-0.25, -0.2) is 0 Å². The summed E-state index contributed by atoms with van der Waals surface area (Å²) in [6.45, 7) is 8.40. The highest BCUT2D eigenvalue weighted by Gasteiger charge is 2.20. The van der Waals surface area contributed by atoms with E-state index >= 15 is 0 Å². The number of hydrogen-bond donors (Lipinski definition) is 1. The van der Waals surface area contributed by atoms with Gasteiger partial charge in [-0.15, -0.1) is 0 Å². The number of para-hydroxylation sites is 1. The second-order valence-electron chi connectivity index (χ2n) is 7.95. The average molecular weight is 388 g/mol. The van der Waals surface area contributed by atoms with Crippen LogP contribution in [0.2, 0.25) is 0 Å². The van der Waals surface area contributed by atoms with Gasteiger partial charge in [0, 0.05) is 31.9 Å². The molecule has 0 saturated carbocycles. The summed E-state index contributed by atoms with van der Waals surface area (Å²) in [5, 5.41) is 5.60. The lowest BCUT2D eigenvalue weighted by molar-refractivity contribution is -0.123. The number of anilines is 1. The van der Waals surface area contributed by atoms with E-state index in [1.807, 2.05) is 12.1 Å². The van der Waals surface area contributed by atoms with Crippen molar-refractivity contribution < 1.29 is 4.79 Å². The minimum Gasteiger partial charge on any atom is -0.369 e. The predicted octanol–water partition coefficient (Wildman–Crippen LogP) is 4.15. The van der Waals surface area contributed by atoms with Crippen molar-refractivity contribution in [1.82, 2.24) is 10.2 Å². The van der Waals surface area contributed by atoms with Crippen LogP contribution in [0.4, 0.5) is 5.69 Å². The fourth-order valence-electron chi connectivity index (χ4n) is 4.12. The van der Waals surface area contributed by atoms with Crippen LogP contribution in [-0.4, -0.2) is 43.5 Å². The molecule has 4 nitrogen and oxygen atoms in total. The molecule has 4 rings (SSSR count). The van der Waals surface area contributed by atoms with Crippen LogP contribution in [0.25, 0.3) is 10.8 Å². The Bertz CT molecular complexity index is 992. The number of carbonyl (C=O) groups is 1. The van der Waals surface area contributed by atoms with Crippen LogP contribution in [0.15, 0.2) is 66.7 Å². The first-order valence-electron chi connectivity index (χ1n) is 10.4. The maximum Gasteiger partial charge on any atom is 0.234 e. The van der Waals surface area contributed by atoms with Gasteiger partial charge in [0.1, 0.15) is 0 Å². The van der Waals surface area contributed by atoms with E-state index in [0.29, 0.717) is 6.54 Å². The van der Waals surface area contributed by atoms with Crippen LogP contribution in [0.5, 0.6) is 0 Å². The number of piperazine rings is 1. The van der Waals surface area contributed by atoms with Gasteiger partial charge in [0.25, 0.3) is 0 Å². The van der Waals surface area contributed by atoms with E-state index in [1.54, 1.807) is 0 Å². The Morgan fingerprint density at radius 3 is 2.38 bits per heavy atom. The lowest BCUT2D eigenvalue weighted by atomic mass is 10.0. The van der Waals surface area contributed by atoms with Crippen molar-refractivity contribution in [3.8, 4) is 0 Å². The molecule has 150 valence electrons. The van der Waals surface area contributed by atoms with Gasteiger partial charge in [0.2, 0.25) is 5.91 Å². The molecule has 1 saturated heterocycles. The van der Waals surface area contributed by atoms with Crippen LogP contribution in [0.1, 0.15) is 24.1 Å². The van der Waals surface area contributed by atoms with Gasteiger partial charge in [-0.3, -0.25) is 9.69 Å². The van der Waals surface area contributed by atoms with Crippen molar-refractivity contribution >= 4 is 22.4 Å². The molecule has 0 bridgehead atoms. The zero-order valence-electron chi connectivity index (χ0n) is 17.3. The van der Waals surface area contributed by atoms with Gasteiger partial charge >= 0.3 is 0 Å². The lowest BCUT2D eigenvalue weighted by Crippen LogP contribution is -2.49. The Labute approximate surface area is 173 Å². The Morgan fingerprint density at radius 1 is 0.931 bits per heavy atom. The Morgan fingerprint density at radius 2 is 1.62 bits per heavy atom. The number of nitrogens with one attached hydrogen (secondary N) is 1. The maximum atomic E-state index is 12.6. The molecule has 1 atom stereocenters. The van der Waals surface area contributed by atoms with Gasteiger partial charge in [0.05, 0.1) is 12.6 Å². The molecule has 0 aromatic heterocycles. The summed E-state index contributed by atoms with van der Waals surface area (Å²) in [4.78, 5) is 17.3. The van der Waals surface area contributed by atoms with Crippen molar-refractivity contribution in [3.63, 3.8) is 0 Å². The quantitative estimate of drug-likeness (QED) is 0.714. The third-order valence-corrected chi connectivity index (χ3v) is 5.85. The van der Waals surface area contributed by atoms with E-state index in [9.17, 15) is 4.79 Å². The van der Waals surface area contributed by atoms with Crippen molar-refractivity contribution in [2.75, 3.05) is 37.6 Å². The van der Waals surface area contributed by atoms with Crippen LogP contribution in [0.3, 0.4) is 0 Å².